The van der Waals surface area contributed by atoms with Crippen LogP contribution in [0.1, 0.15) is 13.3 Å². The van der Waals surface area contributed by atoms with E-state index in [1.807, 2.05) is 0 Å². The number of carbonyl (C=O) groups is 3. The average molecular weight is 228 g/mol. The first kappa shape index (κ1) is 14.1. The first-order valence-electron chi connectivity index (χ1n) is 4.44. The van der Waals surface area contributed by atoms with E-state index in [-0.39, 0.29) is 0 Å². The van der Waals surface area contributed by atoms with E-state index in [2.05, 4.69) is 16.1 Å². The summed E-state index contributed by atoms with van der Waals surface area (Å²) in [6.07, 6.45) is 2.60. The molecule has 1 rings (SSSR count). The van der Waals surface area contributed by atoms with Crippen LogP contribution in [0.2, 0.25) is 0 Å². The van der Waals surface area contributed by atoms with Gasteiger partial charge in [-0.2, -0.15) is 0 Å². The van der Waals surface area contributed by atoms with Crippen molar-refractivity contribution in [2.45, 2.75) is 19.6 Å². The molecule has 1 N–H and O–H groups in total. The molecule has 0 aliphatic carbocycles. The van der Waals surface area contributed by atoms with E-state index in [1.54, 1.807) is 6.92 Å². The molecule has 1 heterocycles. The van der Waals surface area contributed by atoms with E-state index in [1.165, 1.54) is 0 Å². The van der Waals surface area contributed by atoms with Gasteiger partial charge in [0.1, 0.15) is 0 Å². The number of aliphatic hydroxyl groups excluding tert-OH is 1. The SMILES string of the molecule is C=CC(=O)OC(O)CC.O=C1C=CC(=O)O1. The van der Waals surface area contributed by atoms with Gasteiger partial charge in [0.05, 0.1) is 0 Å². The number of hydrogen-bond acceptors (Lipinski definition) is 6. The zero-order valence-electron chi connectivity index (χ0n) is 8.71. The summed E-state index contributed by atoms with van der Waals surface area (Å²) >= 11 is 0. The van der Waals surface area contributed by atoms with E-state index in [0.29, 0.717) is 6.42 Å². The van der Waals surface area contributed by atoms with E-state index in [9.17, 15) is 14.4 Å². The maximum Gasteiger partial charge on any atom is 0.338 e. The second kappa shape index (κ2) is 7.36. The van der Waals surface area contributed by atoms with Gasteiger partial charge in [0.2, 0.25) is 6.29 Å². The fourth-order valence-electron chi connectivity index (χ4n) is 0.569. The number of cyclic esters (lactones) is 2. The molecule has 6 heteroatoms. The Morgan fingerprint density at radius 1 is 1.56 bits per heavy atom. The smallest absolute Gasteiger partial charge is 0.338 e. The largest absolute Gasteiger partial charge is 0.433 e. The summed E-state index contributed by atoms with van der Waals surface area (Å²) in [7, 11) is 0. The topological polar surface area (TPSA) is 89.9 Å². The first-order valence-corrected chi connectivity index (χ1v) is 4.44. The molecular weight excluding hydrogens is 216 g/mol. The molecule has 1 aliphatic heterocycles. The first-order chi connectivity index (χ1) is 7.49. The van der Waals surface area contributed by atoms with Crippen LogP contribution in [0, 0.1) is 0 Å². The van der Waals surface area contributed by atoms with Crippen LogP contribution in [0.15, 0.2) is 24.8 Å². The Balaban J connectivity index is 0.000000288. The van der Waals surface area contributed by atoms with Gasteiger partial charge in [-0.15, -0.1) is 0 Å². The van der Waals surface area contributed by atoms with Crippen LogP contribution in [0.5, 0.6) is 0 Å². The standard InChI is InChI=1S/C6H10O3.C4H2O3/c1-3-5(7)9-6(8)4-2;5-3-1-2-4(6)7-3/h3,6,8H,1,4H2,2H3;1-2H. The summed E-state index contributed by atoms with van der Waals surface area (Å²) in [5.74, 6) is -1.75. The van der Waals surface area contributed by atoms with Crippen LogP contribution in [-0.4, -0.2) is 29.3 Å². The molecule has 0 saturated heterocycles. The summed E-state index contributed by atoms with van der Waals surface area (Å²) in [5.41, 5.74) is 0. The zero-order chi connectivity index (χ0) is 12.6. The summed E-state index contributed by atoms with van der Waals surface area (Å²) in [6.45, 7) is 4.87. The molecule has 0 aromatic heterocycles. The van der Waals surface area contributed by atoms with Crippen molar-refractivity contribution in [1.82, 2.24) is 0 Å². The number of ether oxygens (including phenoxy) is 2. The lowest BCUT2D eigenvalue weighted by Crippen LogP contribution is -2.14. The van der Waals surface area contributed by atoms with E-state index in [0.717, 1.165) is 18.2 Å². The molecule has 0 radical (unpaired) electrons. The molecule has 1 atom stereocenters. The fraction of sp³-hybridized carbons (Fsp3) is 0.300. The third-order valence-electron chi connectivity index (χ3n) is 1.32. The van der Waals surface area contributed by atoms with Crippen LogP contribution in [0.25, 0.3) is 0 Å². The van der Waals surface area contributed by atoms with Crippen molar-refractivity contribution in [3.8, 4) is 0 Å². The fourth-order valence-corrected chi connectivity index (χ4v) is 0.569. The summed E-state index contributed by atoms with van der Waals surface area (Å²) in [5, 5.41) is 8.67. The highest BCUT2D eigenvalue weighted by Gasteiger charge is 2.10. The lowest BCUT2D eigenvalue weighted by Gasteiger charge is -2.05. The molecule has 1 unspecified atom stereocenters. The molecule has 0 aromatic rings. The Kier molecular flexibility index (Phi) is 6.46. The van der Waals surface area contributed by atoms with Crippen LogP contribution in [-0.2, 0) is 23.9 Å². The van der Waals surface area contributed by atoms with Gasteiger partial charge in [0.25, 0.3) is 0 Å². The molecule has 0 amide bonds. The summed E-state index contributed by atoms with van der Waals surface area (Å²) < 4.78 is 8.32. The van der Waals surface area contributed by atoms with Crippen molar-refractivity contribution in [1.29, 1.82) is 0 Å². The quantitative estimate of drug-likeness (QED) is 0.318. The minimum Gasteiger partial charge on any atom is -0.433 e. The Bertz CT molecular complexity index is 301. The Morgan fingerprint density at radius 2 is 2.06 bits per heavy atom. The highest BCUT2D eigenvalue weighted by molar-refractivity contribution is 6.04. The predicted molar refractivity (Wildman–Crippen MR) is 52.8 cm³/mol. The second-order valence-electron chi connectivity index (χ2n) is 2.58. The third kappa shape index (κ3) is 6.50. The minimum atomic E-state index is -0.990. The molecule has 16 heavy (non-hydrogen) atoms. The average Bonchev–Trinajstić information content (AvgIpc) is 2.63. The van der Waals surface area contributed by atoms with Gasteiger partial charge in [-0.25, -0.2) is 14.4 Å². The van der Waals surface area contributed by atoms with Gasteiger partial charge in [-0.1, -0.05) is 13.5 Å². The van der Waals surface area contributed by atoms with Gasteiger partial charge < -0.3 is 14.6 Å². The van der Waals surface area contributed by atoms with Gasteiger partial charge in [-0.05, 0) is 0 Å². The number of carbonyl (C=O) groups excluding carboxylic acids is 3. The molecule has 0 fully saturated rings. The highest BCUT2D eigenvalue weighted by Crippen LogP contribution is 1.93. The van der Waals surface area contributed by atoms with Crippen molar-refractivity contribution in [2.24, 2.45) is 0 Å². The van der Waals surface area contributed by atoms with Crippen molar-refractivity contribution in [2.75, 3.05) is 0 Å². The number of hydrogen-bond donors (Lipinski definition) is 1. The molecule has 88 valence electrons. The third-order valence-corrected chi connectivity index (χ3v) is 1.32. The van der Waals surface area contributed by atoms with E-state index < -0.39 is 24.2 Å². The number of aliphatic hydroxyl groups is 1. The van der Waals surface area contributed by atoms with Crippen molar-refractivity contribution < 1.29 is 29.0 Å². The number of esters is 3. The lowest BCUT2D eigenvalue weighted by atomic mass is 10.5. The zero-order valence-corrected chi connectivity index (χ0v) is 8.71. The van der Waals surface area contributed by atoms with Gasteiger partial charge >= 0.3 is 17.9 Å². The van der Waals surface area contributed by atoms with Crippen molar-refractivity contribution >= 4 is 17.9 Å². The molecule has 6 nitrogen and oxygen atoms in total. The summed E-state index contributed by atoms with van der Waals surface area (Å²) in [4.78, 5) is 30.1. The molecule has 0 aromatic carbocycles. The number of rotatable bonds is 3. The van der Waals surface area contributed by atoms with Crippen LogP contribution in [0.3, 0.4) is 0 Å². The Hall–Kier alpha value is -1.95. The highest BCUT2D eigenvalue weighted by atomic mass is 16.6. The van der Waals surface area contributed by atoms with Gasteiger partial charge in [0.15, 0.2) is 0 Å². The predicted octanol–water partition coefficient (Wildman–Crippen LogP) is 0.0700. The monoisotopic (exact) mass is 228 g/mol. The molecular formula is C10H12O6. The van der Waals surface area contributed by atoms with Crippen LogP contribution >= 0.6 is 0 Å². The molecule has 0 bridgehead atoms. The Morgan fingerprint density at radius 3 is 2.31 bits per heavy atom. The maximum atomic E-state index is 10.3. The van der Waals surface area contributed by atoms with Crippen molar-refractivity contribution in [3.63, 3.8) is 0 Å². The Labute approximate surface area is 92.2 Å². The normalized spacial score (nSPS) is 14.6. The van der Waals surface area contributed by atoms with Gasteiger partial charge in [-0.3, -0.25) is 0 Å². The molecule has 1 aliphatic rings. The van der Waals surface area contributed by atoms with Crippen LogP contribution in [0.4, 0.5) is 0 Å². The lowest BCUT2D eigenvalue weighted by molar-refractivity contribution is -0.161. The molecule has 0 saturated carbocycles. The maximum absolute atomic E-state index is 10.3. The second-order valence-corrected chi connectivity index (χ2v) is 2.58. The van der Waals surface area contributed by atoms with E-state index >= 15 is 0 Å². The van der Waals surface area contributed by atoms with Crippen molar-refractivity contribution in [3.05, 3.63) is 24.8 Å². The van der Waals surface area contributed by atoms with E-state index in [4.69, 9.17) is 5.11 Å². The summed E-state index contributed by atoms with van der Waals surface area (Å²) in [6, 6.07) is 0. The minimum absolute atomic E-state index is 0.402. The van der Waals surface area contributed by atoms with Gasteiger partial charge in [0, 0.05) is 24.6 Å². The van der Waals surface area contributed by atoms with Crippen LogP contribution < -0.4 is 0 Å². The molecule has 0 spiro atoms.